The third-order valence-electron chi connectivity index (χ3n) is 2.33. The maximum Gasteiger partial charge on any atom is 0.224 e. The molecule has 6 nitrogen and oxygen atoms in total. The molecule has 0 saturated heterocycles. The second kappa shape index (κ2) is 3.80. The van der Waals surface area contributed by atoms with E-state index in [-0.39, 0.29) is 0 Å². The van der Waals surface area contributed by atoms with Crippen molar-refractivity contribution in [2.75, 3.05) is 14.2 Å². The molecule has 2 aromatic heterocycles. The van der Waals surface area contributed by atoms with E-state index < -0.39 is 0 Å². The maximum absolute atomic E-state index is 10.8. The number of nitrogens with zero attached hydrogens (tertiary/aromatic N) is 3. The fraction of sp³-hybridized carbons (Fsp3) is 0.300. The van der Waals surface area contributed by atoms with Gasteiger partial charge in [-0.15, -0.1) is 0 Å². The molecule has 2 rings (SSSR count). The van der Waals surface area contributed by atoms with Crippen molar-refractivity contribution >= 4 is 11.9 Å². The highest BCUT2D eigenvalue weighted by Gasteiger charge is 2.16. The van der Waals surface area contributed by atoms with Crippen molar-refractivity contribution in [3.05, 3.63) is 17.3 Å². The van der Waals surface area contributed by atoms with Crippen LogP contribution in [0.15, 0.2) is 6.20 Å². The van der Waals surface area contributed by atoms with Crippen LogP contribution in [0.4, 0.5) is 0 Å². The fourth-order valence-electron chi connectivity index (χ4n) is 1.57. The smallest absolute Gasteiger partial charge is 0.224 e. The fourth-order valence-corrected chi connectivity index (χ4v) is 1.57. The molecule has 0 N–H and O–H groups in total. The number of aromatic nitrogens is 3. The summed E-state index contributed by atoms with van der Waals surface area (Å²) in [5, 5.41) is 4.04. The molecule has 16 heavy (non-hydrogen) atoms. The minimum atomic E-state index is 0.400. The monoisotopic (exact) mass is 221 g/mol. The average molecular weight is 221 g/mol. The van der Waals surface area contributed by atoms with E-state index in [4.69, 9.17) is 9.47 Å². The quantitative estimate of drug-likeness (QED) is 0.719. The highest BCUT2D eigenvalue weighted by molar-refractivity contribution is 5.84. The first-order valence-electron chi connectivity index (χ1n) is 4.64. The normalized spacial score (nSPS) is 10.4. The Labute approximate surface area is 91.8 Å². The highest BCUT2D eigenvalue weighted by Crippen LogP contribution is 2.27. The van der Waals surface area contributed by atoms with Gasteiger partial charge < -0.3 is 9.47 Å². The van der Waals surface area contributed by atoms with Crippen LogP contribution >= 0.6 is 0 Å². The van der Waals surface area contributed by atoms with Crippen LogP contribution in [0.5, 0.6) is 11.8 Å². The van der Waals surface area contributed by atoms with Crippen LogP contribution in [0.2, 0.25) is 0 Å². The number of fused-ring (bicyclic) bond motifs is 1. The Morgan fingerprint density at radius 3 is 2.69 bits per heavy atom. The lowest BCUT2D eigenvalue weighted by Crippen LogP contribution is -2.03. The zero-order valence-electron chi connectivity index (χ0n) is 9.22. The number of methoxy groups -OCH3 is 2. The minimum Gasteiger partial charge on any atom is -0.481 e. The Morgan fingerprint density at radius 2 is 2.12 bits per heavy atom. The molecule has 2 aromatic rings. The van der Waals surface area contributed by atoms with E-state index in [9.17, 15) is 4.79 Å². The highest BCUT2D eigenvalue weighted by atomic mass is 16.5. The standard InChI is InChI=1S/C10H11N3O3/c1-6-9(15-2)12-8-7(5-14)4-11-13(8)10(6)16-3/h4-5H,1-3H3. The summed E-state index contributed by atoms with van der Waals surface area (Å²) in [4.78, 5) is 15.0. The van der Waals surface area contributed by atoms with Gasteiger partial charge in [0.25, 0.3) is 0 Å². The molecule has 0 aliphatic carbocycles. The van der Waals surface area contributed by atoms with E-state index in [1.165, 1.54) is 24.9 Å². The van der Waals surface area contributed by atoms with Crippen LogP contribution in [0.1, 0.15) is 15.9 Å². The Balaban J connectivity index is 2.86. The number of hydrogen-bond donors (Lipinski definition) is 0. The summed E-state index contributed by atoms with van der Waals surface area (Å²) in [6, 6.07) is 0. The summed E-state index contributed by atoms with van der Waals surface area (Å²) < 4.78 is 11.8. The van der Waals surface area contributed by atoms with Gasteiger partial charge in [-0.1, -0.05) is 0 Å². The van der Waals surface area contributed by atoms with Gasteiger partial charge >= 0.3 is 0 Å². The van der Waals surface area contributed by atoms with E-state index in [0.29, 0.717) is 29.3 Å². The van der Waals surface area contributed by atoms with Crippen LogP contribution in [-0.4, -0.2) is 35.1 Å². The lowest BCUT2D eigenvalue weighted by molar-refractivity contribution is 0.112. The van der Waals surface area contributed by atoms with Crippen molar-refractivity contribution < 1.29 is 14.3 Å². The summed E-state index contributed by atoms with van der Waals surface area (Å²) in [5.41, 5.74) is 1.56. The molecule has 0 unspecified atom stereocenters. The minimum absolute atomic E-state index is 0.400. The van der Waals surface area contributed by atoms with Gasteiger partial charge in [0.2, 0.25) is 11.8 Å². The zero-order valence-corrected chi connectivity index (χ0v) is 9.22. The van der Waals surface area contributed by atoms with Crippen LogP contribution in [0.3, 0.4) is 0 Å². The van der Waals surface area contributed by atoms with Gasteiger partial charge in [-0.2, -0.15) is 14.6 Å². The average Bonchev–Trinajstić information content (AvgIpc) is 2.70. The zero-order chi connectivity index (χ0) is 11.7. The van der Waals surface area contributed by atoms with Crippen molar-refractivity contribution in [3.63, 3.8) is 0 Å². The SMILES string of the molecule is COc1nc2c(C=O)cnn2c(OC)c1C. The lowest BCUT2D eigenvalue weighted by atomic mass is 10.3. The van der Waals surface area contributed by atoms with Crippen LogP contribution < -0.4 is 9.47 Å². The topological polar surface area (TPSA) is 65.7 Å². The van der Waals surface area contributed by atoms with Crippen LogP contribution in [0.25, 0.3) is 5.65 Å². The van der Waals surface area contributed by atoms with Crippen LogP contribution in [0, 0.1) is 6.92 Å². The summed E-state index contributed by atoms with van der Waals surface area (Å²) in [7, 11) is 3.05. The predicted octanol–water partition coefficient (Wildman–Crippen LogP) is 0.867. The summed E-state index contributed by atoms with van der Waals surface area (Å²) in [5.74, 6) is 0.933. The third kappa shape index (κ3) is 1.30. The van der Waals surface area contributed by atoms with Gasteiger partial charge in [0.05, 0.1) is 31.5 Å². The van der Waals surface area contributed by atoms with Crippen molar-refractivity contribution in [3.8, 4) is 11.8 Å². The molecular formula is C10H11N3O3. The van der Waals surface area contributed by atoms with Gasteiger partial charge in [-0.3, -0.25) is 4.79 Å². The van der Waals surface area contributed by atoms with E-state index in [1.54, 1.807) is 0 Å². The Morgan fingerprint density at radius 1 is 1.38 bits per heavy atom. The molecule has 0 aliphatic rings. The van der Waals surface area contributed by atoms with Gasteiger partial charge in [0.1, 0.15) is 0 Å². The number of carbonyl (C=O) groups excluding carboxylic acids is 1. The molecule has 0 aromatic carbocycles. The molecule has 0 atom stereocenters. The van der Waals surface area contributed by atoms with Crippen molar-refractivity contribution in [2.24, 2.45) is 0 Å². The summed E-state index contributed by atoms with van der Waals surface area (Å²) >= 11 is 0. The second-order valence-corrected chi connectivity index (χ2v) is 3.21. The first kappa shape index (κ1) is 10.4. The number of rotatable bonds is 3. The van der Waals surface area contributed by atoms with Crippen molar-refractivity contribution in [2.45, 2.75) is 6.92 Å². The first-order valence-corrected chi connectivity index (χ1v) is 4.64. The molecular weight excluding hydrogens is 210 g/mol. The summed E-state index contributed by atoms with van der Waals surface area (Å²) in [6.07, 6.45) is 2.14. The number of ether oxygens (including phenoxy) is 2. The number of aldehydes is 1. The lowest BCUT2D eigenvalue weighted by Gasteiger charge is -2.10. The summed E-state index contributed by atoms with van der Waals surface area (Å²) in [6.45, 7) is 1.81. The number of hydrogen-bond acceptors (Lipinski definition) is 5. The Bertz CT molecular complexity index is 548. The van der Waals surface area contributed by atoms with E-state index in [2.05, 4.69) is 10.1 Å². The van der Waals surface area contributed by atoms with Crippen molar-refractivity contribution in [1.82, 2.24) is 14.6 Å². The van der Waals surface area contributed by atoms with E-state index in [1.807, 2.05) is 6.92 Å². The van der Waals surface area contributed by atoms with Gasteiger partial charge in [-0.25, -0.2) is 0 Å². The van der Waals surface area contributed by atoms with Gasteiger partial charge in [0, 0.05) is 0 Å². The maximum atomic E-state index is 10.8. The van der Waals surface area contributed by atoms with E-state index in [0.717, 1.165) is 5.56 Å². The third-order valence-corrected chi connectivity index (χ3v) is 2.33. The molecule has 0 spiro atoms. The first-order chi connectivity index (χ1) is 7.72. The van der Waals surface area contributed by atoms with Crippen LogP contribution in [-0.2, 0) is 0 Å². The predicted molar refractivity (Wildman–Crippen MR) is 56.2 cm³/mol. The molecule has 0 radical (unpaired) electrons. The van der Waals surface area contributed by atoms with Gasteiger partial charge in [0.15, 0.2) is 11.9 Å². The van der Waals surface area contributed by atoms with Gasteiger partial charge in [-0.05, 0) is 6.92 Å². The van der Waals surface area contributed by atoms with Crippen molar-refractivity contribution in [1.29, 1.82) is 0 Å². The molecule has 0 saturated carbocycles. The molecule has 0 amide bonds. The molecule has 0 aliphatic heterocycles. The molecule has 6 heteroatoms. The largest absolute Gasteiger partial charge is 0.481 e. The molecule has 0 bridgehead atoms. The Kier molecular flexibility index (Phi) is 2.47. The Hall–Kier alpha value is -2.11. The second-order valence-electron chi connectivity index (χ2n) is 3.21. The molecule has 0 fully saturated rings. The van der Waals surface area contributed by atoms with E-state index >= 15 is 0 Å². The molecule has 84 valence electrons. The number of carbonyl (C=O) groups is 1. The molecule has 2 heterocycles.